The third-order valence-corrected chi connectivity index (χ3v) is 4.67. The van der Waals surface area contributed by atoms with Crippen molar-refractivity contribution in [2.45, 2.75) is 37.5 Å². The number of hydrogen-bond acceptors (Lipinski definition) is 5. The Bertz CT molecular complexity index is 770. The Balaban J connectivity index is 1.69. The summed E-state index contributed by atoms with van der Waals surface area (Å²) in [7, 11) is 10.1. The molecule has 1 fully saturated rings. The highest BCUT2D eigenvalue weighted by atomic mass is 31.0. The summed E-state index contributed by atoms with van der Waals surface area (Å²) in [4.78, 5) is 18.3. The van der Waals surface area contributed by atoms with Gasteiger partial charge in [0.25, 0.3) is 0 Å². The van der Waals surface area contributed by atoms with E-state index in [1.54, 1.807) is 18.9 Å². The SMILES string of the molecule is [B]C(C)(P)c1nc(-c2ccc(CN(CC3CCCO3)C(=O)NC)cc2)no1. The summed E-state index contributed by atoms with van der Waals surface area (Å²) in [5, 5.41) is 5.92. The van der Waals surface area contributed by atoms with Crippen molar-refractivity contribution in [2.24, 2.45) is 0 Å². The number of nitrogens with one attached hydrogen (secondary N) is 1. The van der Waals surface area contributed by atoms with Gasteiger partial charge < -0.3 is 19.5 Å². The Morgan fingerprint density at radius 2 is 2.19 bits per heavy atom. The van der Waals surface area contributed by atoms with Crippen LogP contribution in [0.5, 0.6) is 0 Å². The third-order valence-electron chi connectivity index (χ3n) is 4.42. The molecule has 0 saturated carbocycles. The summed E-state index contributed by atoms with van der Waals surface area (Å²) >= 11 is 0. The van der Waals surface area contributed by atoms with Gasteiger partial charge in [-0.3, -0.25) is 0 Å². The summed E-state index contributed by atoms with van der Waals surface area (Å²) in [5.74, 6) is 0.840. The average molecular weight is 386 g/mol. The van der Waals surface area contributed by atoms with Crippen LogP contribution in [0, 0.1) is 0 Å². The van der Waals surface area contributed by atoms with Crippen molar-refractivity contribution in [3.63, 3.8) is 0 Å². The van der Waals surface area contributed by atoms with Gasteiger partial charge in [0.15, 0.2) is 0 Å². The molecule has 9 heteroatoms. The van der Waals surface area contributed by atoms with Crippen molar-refractivity contribution >= 4 is 23.1 Å². The molecule has 2 heterocycles. The zero-order valence-corrected chi connectivity index (χ0v) is 16.8. The molecule has 0 aliphatic carbocycles. The molecule has 142 valence electrons. The summed E-state index contributed by atoms with van der Waals surface area (Å²) < 4.78 is 10.9. The minimum Gasteiger partial charge on any atom is -0.376 e. The van der Waals surface area contributed by atoms with E-state index < -0.39 is 5.06 Å². The highest BCUT2D eigenvalue weighted by Crippen LogP contribution is 2.27. The molecule has 1 aromatic heterocycles. The number of carbonyl (C=O) groups is 1. The first-order chi connectivity index (χ1) is 12.9. The normalized spacial score (nSPS) is 18.9. The zero-order chi connectivity index (χ0) is 19.4. The predicted molar refractivity (Wildman–Crippen MR) is 106 cm³/mol. The highest BCUT2D eigenvalue weighted by Gasteiger charge is 2.23. The average Bonchev–Trinajstić information content (AvgIpc) is 3.32. The number of rotatable bonds is 6. The van der Waals surface area contributed by atoms with Crippen molar-refractivity contribution in [3.8, 4) is 11.4 Å². The van der Waals surface area contributed by atoms with Gasteiger partial charge in [0.2, 0.25) is 11.7 Å². The van der Waals surface area contributed by atoms with Crippen LogP contribution in [0.2, 0.25) is 0 Å². The molecule has 0 bridgehead atoms. The summed E-state index contributed by atoms with van der Waals surface area (Å²) in [5.41, 5.74) is 1.84. The third kappa shape index (κ3) is 5.08. The van der Waals surface area contributed by atoms with Gasteiger partial charge in [0.1, 0.15) is 0 Å². The van der Waals surface area contributed by atoms with Crippen LogP contribution in [0.1, 0.15) is 31.2 Å². The number of nitrogens with zero attached hydrogens (tertiary/aromatic N) is 3. The van der Waals surface area contributed by atoms with E-state index in [0.717, 1.165) is 30.6 Å². The van der Waals surface area contributed by atoms with Gasteiger partial charge in [-0.15, -0.1) is 9.24 Å². The molecule has 2 radical (unpaired) electrons. The molecule has 1 aromatic carbocycles. The Kier molecular flexibility index (Phi) is 6.17. The lowest BCUT2D eigenvalue weighted by Crippen LogP contribution is -2.41. The molecule has 2 amide bonds. The van der Waals surface area contributed by atoms with Crippen LogP contribution in [0.15, 0.2) is 28.8 Å². The smallest absolute Gasteiger partial charge is 0.317 e. The van der Waals surface area contributed by atoms with E-state index in [1.165, 1.54) is 0 Å². The predicted octanol–water partition coefficient (Wildman–Crippen LogP) is 2.27. The largest absolute Gasteiger partial charge is 0.376 e. The summed E-state index contributed by atoms with van der Waals surface area (Å²) in [6.07, 6.45) is 2.14. The molecule has 2 aromatic rings. The molecule has 27 heavy (non-hydrogen) atoms. The number of ether oxygens (including phenoxy) is 1. The first-order valence-electron chi connectivity index (χ1n) is 8.96. The van der Waals surface area contributed by atoms with Crippen LogP contribution in [0.3, 0.4) is 0 Å². The van der Waals surface area contributed by atoms with Gasteiger partial charge in [-0.25, -0.2) is 4.79 Å². The quantitative estimate of drug-likeness (QED) is 0.609. The van der Waals surface area contributed by atoms with Crippen molar-refractivity contribution in [1.29, 1.82) is 0 Å². The van der Waals surface area contributed by atoms with E-state index in [1.807, 2.05) is 24.3 Å². The fraction of sp³-hybridized carbons (Fsp3) is 0.500. The molecular formula is C18H24BN4O3P. The van der Waals surface area contributed by atoms with E-state index >= 15 is 0 Å². The zero-order valence-electron chi connectivity index (χ0n) is 15.6. The van der Waals surface area contributed by atoms with Crippen molar-refractivity contribution in [2.75, 3.05) is 20.2 Å². The minimum atomic E-state index is -0.762. The lowest BCUT2D eigenvalue weighted by Gasteiger charge is -2.25. The second-order valence-corrected chi connectivity index (χ2v) is 8.17. The van der Waals surface area contributed by atoms with Crippen molar-refractivity contribution in [3.05, 3.63) is 35.7 Å². The molecule has 1 saturated heterocycles. The molecule has 0 spiro atoms. The molecule has 1 aliphatic heterocycles. The van der Waals surface area contributed by atoms with Gasteiger partial charge in [-0.05, 0) is 18.4 Å². The van der Waals surface area contributed by atoms with Crippen LogP contribution >= 0.6 is 9.24 Å². The Hall–Kier alpha value is -1.92. The highest BCUT2D eigenvalue weighted by molar-refractivity contribution is 7.21. The van der Waals surface area contributed by atoms with E-state index in [0.29, 0.717) is 24.8 Å². The number of aromatic nitrogens is 2. The molecule has 3 unspecified atom stereocenters. The van der Waals surface area contributed by atoms with E-state index in [4.69, 9.17) is 17.1 Å². The first-order valence-corrected chi connectivity index (χ1v) is 9.54. The number of benzene rings is 1. The van der Waals surface area contributed by atoms with Crippen molar-refractivity contribution < 1.29 is 14.1 Å². The number of amides is 2. The standard InChI is InChI=1S/C18H24BN4O3P/c1-18(19,27)16-21-15(22-26-16)13-7-5-12(6-8-13)10-23(17(24)20-2)11-14-4-3-9-25-14/h5-8,14H,3-4,9-11,27H2,1-2H3,(H,20,24). The molecule has 3 rings (SSSR count). The van der Waals surface area contributed by atoms with Gasteiger partial charge >= 0.3 is 6.03 Å². The Morgan fingerprint density at radius 1 is 1.44 bits per heavy atom. The number of carbonyl (C=O) groups excluding carboxylic acids is 1. The molecule has 7 nitrogen and oxygen atoms in total. The van der Waals surface area contributed by atoms with Crippen LogP contribution in [0.25, 0.3) is 11.4 Å². The molecule has 1 aliphatic rings. The van der Waals surface area contributed by atoms with Crippen LogP contribution < -0.4 is 5.32 Å². The molecular weight excluding hydrogens is 362 g/mol. The maximum atomic E-state index is 12.2. The van der Waals surface area contributed by atoms with Gasteiger partial charge in [-0.1, -0.05) is 36.3 Å². The first kappa shape index (κ1) is 19.8. The molecule has 3 atom stereocenters. The van der Waals surface area contributed by atoms with Crippen LogP contribution in [0.4, 0.5) is 4.79 Å². The molecule has 1 N–H and O–H groups in total. The summed E-state index contributed by atoms with van der Waals surface area (Å²) in [6.45, 7) is 3.63. The van der Waals surface area contributed by atoms with Gasteiger partial charge in [0, 0.05) is 37.4 Å². The van der Waals surface area contributed by atoms with Crippen LogP contribution in [-0.4, -0.2) is 55.2 Å². The van der Waals surface area contributed by atoms with E-state index in [2.05, 4.69) is 24.7 Å². The lowest BCUT2D eigenvalue weighted by atomic mass is 9.88. The minimum absolute atomic E-state index is 0.108. The van der Waals surface area contributed by atoms with E-state index in [-0.39, 0.29) is 12.1 Å². The maximum Gasteiger partial charge on any atom is 0.317 e. The Morgan fingerprint density at radius 3 is 2.74 bits per heavy atom. The van der Waals surface area contributed by atoms with Crippen LogP contribution in [-0.2, 0) is 16.3 Å². The van der Waals surface area contributed by atoms with Gasteiger partial charge in [0.05, 0.1) is 14.0 Å². The van der Waals surface area contributed by atoms with E-state index in [9.17, 15) is 4.79 Å². The maximum absolute atomic E-state index is 12.2. The monoisotopic (exact) mass is 386 g/mol. The second kappa shape index (κ2) is 8.40. The lowest BCUT2D eigenvalue weighted by molar-refractivity contribution is 0.0798. The van der Waals surface area contributed by atoms with Gasteiger partial charge in [-0.2, -0.15) is 4.98 Å². The van der Waals surface area contributed by atoms with Crippen molar-refractivity contribution in [1.82, 2.24) is 20.4 Å². The number of urea groups is 1. The fourth-order valence-electron chi connectivity index (χ4n) is 2.95. The summed E-state index contributed by atoms with van der Waals surface area (Å²) in [6, 6.07) is 7.63. The Labute approximate surface area is 162 Å². The topological polar surface area (TPSA) is 80.5 Å². The fourth-order valence-corrected chi connectivity index (χ4v) is 3.07. The number of hydrogen-bond donors (Lipinski definition) is 1. The second-order valence-electron chi connectivity index (χ2n) is 6.97.